The molecule has 0 saturated heterocycles. The number of imidazole rings is 1. The zero-order valence-corrected chi connectivity index (χ0v) is 20.4. The molecule has 7 heteroatoms. The van der Waals surface area contributed by atoms with Crippen LogP contribution in [0.25, 0.3) is 11.2 Å². The minimum Gasteiger partial charge on any atom is -0.497 e. The number of anilines is 3. The van der Waals surface area contributed by atoms with Gasteiger partial charge in [0.2, 0.25) is 5.95 Å². The summed E-state index contributed by atoms with van der Waals surface area (Å²) in [7, 11) is 3.67. The first kappa shape index (κ1) is 22.8. The average Bonchev–Trinajstić information content (AvgIpc) is 3.16. The molecule has 7 nitrogen and oxygen atoms in total. The molecule has 2 aromatic heterocycles. The topological polar surface area (TPSA) is 76.9 Å². The standard InChI is InChI=1S/C26H34N6O/c1-17-7-10-19(26(2,3)4)15-21(17)29-24-22-23(28-16-32(22)5)30-25(31-24)27-14-13-18-8-11-20(33-6)12-9-18/h7-8,10-12,15-16,18H,9,13-14H2,1-6H3,(H2,27,29,30,31). The lowest BCUT2D eigenvalue weighted by molar-refractivity contribution is 0.301. The highest BCUT2D eigenvalue weighted by Gasteiger charge is 2.17. The summed E-state index contributed by atoms with van der Waals surface area (Å²) in [4.78, 5) is 13.9. The van der Waals surface area contributed by atoms with E-state index in [0.29, 0.717) is 17.5 Å². The van der Waals surface area contributed by atoms with Gasteiger partial charge in [-0.2, -0.15) is 9.97 Å². The molecular formula is C26H34N6O. The molecule has 0 fully saturated rings. The highest BCUT2D eigenvalue weighted by molar-refractivity contribution is 5.87. The summed E-state index contributed by atoms with van der Waals surface area (Å²) in [5.74, 6) is 2.75. The monoisotopic (exact) mass is 446 g/mol. The second-order valence-electron chi connectivity index (χ2n) is 9.71. The molecule has 0 bridgehead atoms. The van der Waals surface area contributed by atoms with Gasteiger partial charge in [-0.3, -0.25) is 0 Å². The quantitative estimate of drug-likeness (QED) is 0.490. The van der Waals surface area contributed by atoms with Crippen LogP contribution in [0.2, 0.25) is 0 Å². The van der Waals surface area contributed by atoms with E-state index in [1.54, 1.807) is 13.4 Å². The lowest BCUT2D eigenvalue weighted by Crippen LogP contribution is -2.13. The fourth-order valence-corrected chi connectivity index (χ4v) is 3.95. The van der Waals surface area contributed by atoms with Crippen LogP contribution in [-0.4, -0.2) is 33.2 Å². The van der Waals surface area contributed by atoms with E-state index in [9.17, 15) is 0 Å². The van der Waals surface area contributed by atoms with Gasteiger partial charge in [-0.15, -0.1) is 0 Å². The van der Waals surface area contributed by atoms with Crippen LogP contribution in [0.15, 0.2) is 48.5 Å². The van der Waals surface area contributed by atoms with Gasteiger partial charge in [-0.1, -0.05) is 39.0 Å². The molecule has 174 valence electrons. The Morgan fingerprint density at radius 3 is 2.73 bits per heavy atom. The first-order valence-electron chi connectivity index (χ1n) is 11.5. The number of hydrogen-bond donors (Lipinski definition) is 2. The fourth-order valence-electron chi connectivity index (χ4n) is 3.95. The van der Waals surface area contributed by atoms with Gasteiger partial charge in [-0.25, -0.2) is 4.98 Å². The van der Waals surface area contributed by atoms with Crippen molar-refractivity contribution in [3.63, 3.8) is 0 Å². The summed E-state index contributed by atoms with van der Waals surface area (Å²) in [6.45, 7) is 9.56. The van der Waals surface area contributed by atoms with Crippen molar-refractivity contribution in [2.75, 3.05) is 24.3 Å². The Labute approximate surface area is 196 Å². The molecular weight excluding hydrogens is 412 g/mol. The van der Waals surface area contributed by atoms with E-state index in [-0.39, 0.29) is 5.41 Å². The molecule has 0 spiro atoms. The molecule has 0 aliphatic heterocycles. The van der Waals surface area contributed by atoms with Gasteiger partial charge in [-0.05, 0) is 60.4 Å². The number of ether oxygens (including phenoxy) is 1. The van der Waals surface area contributed by atoms with Crippen LogP contribution >= 0.6 is 0 Å². The maximum atomic E-state index is 5.28. The van der Waals surface area contributed by atoms with Crippen LogP contribution in [0.5, 0.6) is 0 Å². The average molecular weight is 447 g/mol. The van der Waals surface area contributed by atoms with Gasteiger partial charge < -0.3 is 19.9 Å². The van der Waals surface area contributed by atoms with E-state index >= 15 is 0 Å². The van der Waals surface area contributed by atoms with Crippen molar-refractivity contribution in [1.29, 1.82) is 0 Å². The molecule has 2 heterocycles. The first-order valence-corrected chi connectivity index (χ1v) is 11.5. The number of methoxy groups -OCH3 is 1. The van der Waals surface area contributed by atoms with Gasteiger partial charge in [0.05, 0.1) is 13.4 Å². The Balaban J connectivity index is 1.55. The van der Waals surface area contributed by atoms with Crippen molar-refractivity contribution in [1.82, 2.24) is 19.5 Å². The summed E-state index contributed by atoms with van der Waals surface area (Å²) in [6, 6.07) is 6.56. The lowest BCUT2D eigenvalue weighted by Gasteiger charge is -2.21. The molecule has 33 heavy (non-hydrogen) atoms. The molecule has 3 aromatic rings. The van der Waals surface area contributed by atoms with Crippen molar-refractivity contribution < 1.29 is 4.74 Å². The van der Waals surface area contributed by atoms with E-state index < -0.39 is 0 Å². The third kappa shape index (κ3) is 5.18. The lowest BCUT2D eigenvalue weighted by atomic mass is 9.86. The summed E-state index contributed by atoms with van der Waals surface area (Å²) < 4.78 is 7.23. The van der Waals surface area contributed by atoms with Crippen LogP contribution < -0.4 is 10.6 Å². The highest BCUT2D eigenvalue weighted by atomic mass is 16.5. The van der Waals surface area contributed by atoms with Crippen molar-refractivity contribution in [3.8, 4) is 0 Å². The number of hydrogen-bond acceptors (Lipinski definition) is 6. The number of allylic oxidation sites excluding steroid dienone is 3. The van der Waals surface area contributed by atoms with Crippen LogP contribution in [0.4, 0.5) is 17.5 Å². The molecule has 1 atom stereocenters. The molecule has 1 aliphatic carbocycles. The third-order valence-electron chi connectivity index (χ3n) is 6.12. The zero-order valence-electron chi connectivity index (χ0n) is 20.4. The maximum absolute atomic E-state index is 5.28. The normalized spacial score (nSPS) is 16.1. The second kappa shape index (κ2) is 9.25. The summed E-state index contributed by atoms with van der Waals surface area (Å²) in [5.41, 5.74) is 5.11. The summed E-state index contributed by atoms with van der Waals surface area (Å²) >= 11 is 0. The van der Waals surface area contributed by atoms with Crippen LogP contribution in [0.3, 0.4) is 0 Å². The van der Waals surface area contributed by atoms with Crippen molar-refractivity contribution in [2.24, 2.45) is 13.0 Å². The predicted octanol–water partition coefficient (Wildman–Crippen LogP) is 5.62. The maximum Gasteiger partial charge on any atom is 0.226 e. The highest BCUT2D eigenvalue weighted by Crippen LogP contribution is 2.31. The number of fused-ring (bicyclic) bond motifs is 1. The van der Waals surface area contributed by atoms with Crippen molar-refractivity contribution >= 4 is 28.6 Å². The van der Waals surface area contributed by atoms with Gasteiger partial charge in [0, 0.05) is 19.3 Å². The van der Waals surface area contributed by atoms with Gasteiger partial charge in [0.25, 0.3) is 0 Å². The number of nitrogens with zero attached hydrogens (tertiary/aromatic N) is 4. The van der Waals surface area contributed by atoms with E-state index in [1.165, 1.54) is 11.1 Å². The number of aromatic nitrogens is 4. The molecule has 4 rings (SSSR count). The Bertz CT molecular complexity index is 1200. The van der Waals surface area contributed by atoms with E-state index in [4.69, 9.17) is 9.72 Å². The first-order chi connectivity index (χ1) is 15.7. The smallest absolute Gasteiger partial charge is 0.226 e. The van der Waals surface area contributed by atoms with Crippen LogP contribution in [0.1, 0.15) is 44.7 Å². The van der Waals surface area contributed by atoms with Crippen molar-refractivity contribution in [3.05, 3.63) is 59.6 Å². The number of aryl methyl sites for hydroxylation is 2. The molecule has 1 aromatic carbocycles. The number of nitrogens with one attached hydrogen (secondary N) is 2. The fraction of sp³-hybridized carbons (Fsp3) is 0.423. The molecule has 0 amide bonds. The molecule has 0 radical (unpaired) electrons. The molecule has 0 saturated carbocycles. The SMILES string of the molecule is COC1=CCC(CCNc2nc(Nc3cc(C(C)(C)C)ccc3C)c3c(ncn3C)n2)C=C1. The molecule has 2 N–H and O–H groups in total. The zero-order chi connectivity index (χ0) is 23.6. The van der Waals surface area contributed by atoms with Crippen LogP contribution in [0, 0.1) is 12.8 Å². The third-order valence-corrected chi connectivity index (χ3v) is 6.12. The second-order valence-corrected chi connectivity index (χ2v) is 9.71. The van der Waals surface area contributed by atoms with Gasteiger partial charge in [0.15, 0.2) is 11.5 Å². The summed E-state index contributed by atoms with van der Waals surface area (Å²) in [5, 5.41) is 6.96. The minimum absolute atomic E-state index is 0.0666. The summed E-state index contributed by atoms with van der Waals surface area (Å²) in [6.07, 6.45) is 10.1. The van der Waals surface area contributed by atoms with E-state index in [2.05, 4.69) is 78.6 Å². The Hall–Kier alpha value is -3.35. The van der Waals surface area contributed by atoms with Crippen molar-refractivity contribution in [2.45, 2.75) is 46.0 Å². The Kier molecular flexibility index (Phi) is 6.40. The largest absolute Gasteiger partial charge is 0.497 e. The van der Waals surface area contributed by atoms with Gasteiger partial charge in [0.1, 0.15) is 11.3 Å². The molecule has 1 unspecified atom stereocenters. The predicted molar refractivity (Wildman–Crippen MR) is 135 cm³/mol. The number of rotatable bonds is 7. The van der Waals surface area contributed by atoms with Crippen LogP contribution in [-0.2, 0) is 17.2 Å². The van der Waals surface area contributed by atoms with E-state index in [0.717, 1.165) is 42.2 Å². The molecule has 1 aliphatic rings. The van der Waals surface area contributed by atoms with Gasteiger partial charge >= 0.3 is 0 Å². The Morgan fingerprint density at radius 2 is 2.03 bits per heavy atom. The van der Waals surface area contributed by atoms with E-state index in [1.807, 2.05) is 17.7 Å². The minimum atomic E-state index is 0.0666. The number of benzene rings is 1. The Morgan fingerprint density at radius 1 is 1.21 bits per heavy atom.